The Morgan fingerprint density at radius 1 is 1.21 bits per heavy atom. The van der Waals surface area contributed by atoms with Crippen LogP contribution in [0.1, 0.15) is 51.4 Å². The molecular formula is C20H28N2O2. The van der Waals surface area contributed by atoms with E-state index in [1.807, 2.05) is 18.2 Å². The molecule has 1 aromatic rings. The van der Waals surface area contributed by atoms with E-state index in [2.05, 4.69) is 10.3 Å². The summed E-state index contributed by atoms with van der Waals surface area (Å²) in [5.74, 6) is 3.95. The summed E-state index contributed by atoms with van der Waals surface area (Å²) in [6.45, 7) is 0. The molecule has 0 radical (unpaired) electrons. The van der Waals surface area contributed by atoms with Crippen molar-refractivity contribution in [3.63, 3.8) is 0 Å². The van der Waals surface area contributed by atoms with Crippen molar-refractivity contribution in [1.29, 1.82) is 0 Å². The third-order valence-corrected chi connectivity index (χ3v) is 6.16. The van der Waals surface area contributed by atoms with Crippen LogP contribution in [-0.2, 0) is 0 Å². The molecule has 1 aliphatic heterocycles. The summed E-state index contributed by atoms with van der Waals surface area (Å²) in [6.07, 6.45) is 9.84. The standard InChI is InChI=1S/C20H28N2O2/c1-24-16-7-8-17-19(12-16)22-20(23)18(21-17)6-4-2-3-5-14-9-13-10-15(14)11-13/h7-8,12-15,20,22-23H,2-6,9-11H2,1H3/t13?,14-,15?,20?/m0/s1. The number of aliphatic hydroxyl groups excluding tert-OH is 1. The minimum absolute atomic E-state index is 0.674. The topological polar surface area (TPSA) is 53.8 Å². The largest absolute Gasteiger partial charge is 0.497 e. The molecule has 3 aliphatic carbocycles. The summed E-state index contributed by atoms with van der Waals surface area (Å²) in [5, 5.41) is 13.4. The molecule has 24 heavy (non-hydrogen) atoms. The summed E-state index contributed by atoms with van der Waals surface area (Å²) in [4.78, 5) is 4.64. The molecule has 2 atom stereocenters. The molecule has 0 amide bonds. The minimum Gasteiger partial charge on any atom is -0.497 e. The number of ether oxygens (including phenoxy) is 1. The van der Waals surface area contributed by atoms with E-state index < -0.39 is 6.23 Å². The molecule has 0 saturated heterocycles. The number of nitrogens with zero attached hydrogens (tertiary/aromatic N) is 1. The lowest BCUT2D eigenvalue weighted by atomic mass is 9.81. The van der Waals surface area contributed by atoms with Crippen molar-refractivity contribution in [3.05, 3.63) is 18.2 Å². The molecule has 2 N–H and O–H groups in total. The average molecular weight is 328 g/mol. The first-order chi connectivity index (χ1) is 11.7. The number of hydrogen-bond acceptors (Lipinski definition) is 4. The van der Waals surface area contributed by atoms with Crippen LogP contribution in [0.4, 0.5) is 11.4 Å². The maximum atomic E-state index is 10.3. The molecule has 2 bridgehead atoms. The van der Waals surface area contributed by atoms with Crippen LogP contribution in [0.25, 0.3) is 0 Å². The van der Waals surface area contributed by atoms with Gasteiger partial charge in [0.2, 0.25) is 0 Å². The highest BCUT2D eigenvalue weighted by molar-refractivity contribution is 5.97. The van der Waals surface area contributed by atoms with Gasteiger partial charge in [0.1, 0.15) is 5.75 Å². The van der Waals surface area contributed by atoms with Crippen LogP contribution in [0.15, 0.2) is 23.2 Å². The zero-order valence-electron chi connectivity index (χ0n) is 14.5. The van der Waals surface area contributed by atoms with Crippen LogP contribution >= 0.6 is 0 Å². The number of hydrogen-bond donors (Lipinski definition) is 2. The van der Waals surface area contributed by atoms with Crippen LogP contribution in [0.2, 0.25) is 0 Å². The monoisotopic (exact) mass is 328 g/mol. The van der Waals surface area contributed by atoms with E-state index in [1.54, 1.807) is 7.11 Å². The van der Waals surface area contributed by atoms with Crippen molar-refractivity contribution in [1.82, 2.24) is 0 Å². The molecule has 0 spiro atoms. The molecule has 5 rings (SSSR count). The maximum Gasteiger partial charge on any atom is 0.164 e. The van der Waals surface area contributed by atoms with Gasteiger partial charge in [-0.25, -0.2) is 0 Å². The van der Waals surface area contributed by atoms with Gasteiger partial charge in [-0.2, -0.15) is 0 Å². The Kier molecular flexibility index (Phi) is 4.49. The normalized spacial score (nSPS) is 30.2. The molecule has 0 aromatic heterocycles. The summed E-state index contributed by atoms with van der Waals surface area (Å²) in [5.41, 5.74) is 2.59. The van der Waals surface area contributed by atoms with Crippen molar-refractivity contribution in [3.8, 4) is 5.75 Å². The van der Waals surface area contributed by atoms with E-state index in [0.29, 0.717) is 0 Å². The van der Waals surface area contributed by atoms with E-state index in [-0.39, 0.29) is 0 Å². The smallest absolute Gasteiger partial charge is 0.164 e. The second-order valence-electron chi connectivity index (χ2n) is 7.73. The van der Waals surface area contributed by atoms with Gasteiger partial charge in [-0.1, -0.05) is 19.3 Å². The molecule has 1 aromatic carbocycles. The van der Waals surface area contributed by atoms with Gasteiger partial charge < -0.3 is 15.2 Å². The third-order valence-electron chi connectivity index (χ3n) is 6.16. The molecule has 4 heteroatoms. The highest BCUT2D eigenvalue weighted by Crippen LogP contribution is 2.53. The van der Waals surface area contributed by atoms with Crippen molar-refractivity contribution in [2.75, 3.05) is 12.4 Å². The number of rotatable bonds is 7. The minimum atomic E-state index is -0.674. The van der Waals surface area contributed by atoms with Gasteiger partial charge in [0.15, 0.2) is 6.23 Å². The molecule has 3 saturated carbocycles. The van der Waals surface area contributed by atoms with E-state index in [4.69, 9.17) is 4.74 Å². The number of methoxy groups -OCH3 is 1. The third kappa shape index (κ3) is 3.16. The van der Waals surface area contributed by atoms with E-state index in [0.717, 1.165) is 53.4 Å². The van der Waals surface area contributed by atoms with Gasteiger partial charge in [-0.3, -0.25) is 4.99 Å². The lowest BCUT2D eigenvalue weighted by Gasteiger charge is -2.24. The number of benzene rings is 1. The summed E-state index contributed by atoms with van der Waals surface area (Å²) in [6, 6.07) is 5.73. The van der Waals surface area contributed by atoms with Crippen molar-refractivity contribution >= 4 is 17.1 Å². The Labute approximate surface area is 144 Å². The van der Waals surface area contributed by atoms with E-state index >= 15 is 0 Å². The first-order valence-electron chi connectivity index (χ1n) is 9.43. The second kappa shape index (κ2) is 6.75. The fraction of sp³-hybridized carbons (Fsp3) is 0.650. The van der Waals surface area contributed by atoms with Crippen molar-refractivity contribution in [2.24, 2.45) is 22.7 Å². The van der Waals surface area contributed by atoms with Gasteiger partial charge in [0.25, 0.3) is 0 Å². The fourth-order valence-corrected chi connectivity index (χ4v) is 4.72. The molecule has 4 nitrogen and oxygen atoms in total. The number of nitrogens with one attached hydrogen (secondary N) is 1. The summed E-state index contributed by atoms with van der Waals surface area (Å²) in [7, 11) is 1.64. The molecule has 3 fully saturated rings. The maximum absolute atomic E-state index is 10.3. The molecule has 1 heterocycles. The van der Waals surface area contributed by atoms with Crippen LogP contribution in [0, 0.1) is 17.8 Å². The highest BCUT2D eigenvalue weighted by atomic mass is 16.5. The quantitative estimate of drug-likeness (QED) is 0.724. The predicted molar refractivity (Wildman–Crippen MR) is 97.1 cm³/mol. The molecular weight excluding hydrogens is 300 g/mol. The van der Waals surface area contributed by atoms with Crippen molar-refractivity contribution in [2.45, 2.75) is 57.6 Å². The Bertz CT molecular complexity index is 622. The molecule has 1 unspecified atom stereocenters. The summed E-state index contributed by atoms with van der Waals surface area (Å²) < 4.78 is 5.22. The predicted octanol–water partition coefficient (Wildman–Crippen LogP) is 4.51. The SMILES string of the molecule is COc1ccc2c(c1)NC(O)C(CCCCC[C@H]1CC3CC1C3)=N2. The first-order valence-corrected chi connectivity index (χ1v) is 9.43. The Morgan fingerprint density at radius 3 is 2.83 bits per heavy atom. The number of aliphatic imine (C=N–C) groups is 1. The van der Waals surface area contributed by atoms with Crippen molar-refractivity contribution < 1.29 is 9.84 Å². The van der Waals surface area contributed by atoms with Crippen LogP contribution < -0.4 is 10.1 Å². The zero-order chi connectivity index (χ0) is 16.5. The zero-order valence-corrected chi connectivity index (χ0v) is 14.5. The number of fused-ring (bicyclic) bond motifs is 2. The molecule has 4 aliphatic rings. The average Bonchev–Trinajstić information content (AvgIpc) is 3.13. The number of anilines is 1. The van der Waals surface area contributed by atoms with Gasteiger partial charge in [-0.05, 0) is 62.0 Å². The Morgan fingerprint density at radius 2 is 2.08 bits per heavy atom. The Balaban J connectivity index is 1.25. The second-order valence-corrected chi connectivity index (χ2v) is 7.73. The highest BCUT2D eigenvalue weighted by Gasteiger charge is 2.43. The van der Waals surface area contributed by atoms with Gasteiger partial charge in [0, 0.05) is 6.07 Å². The summed E-state index contributed by atoms with van der Waals surface area (Å²) >= 11 is 0. The van der Waals surface area contributed by atoms with Gasteiger partial charge in [-0.15, -0.1) is 0 Å². The van der Waals surface area contributed by atoms with Gasteiger partial charge >= 0.3 is 0 Å². The molecule has 130 valence electrons. The number of aliphatic hydroxyl groups is 1. The fourth-order valence-electron chi connectivity index (χ4n) is 4.72. The lowest BCUT2D eigenvalue weighted by molar-refractivity contribution is 0.264. The van der Waals surface area contributed by atoms with E-state index in [9.17, 15) is 5.11 Å². The van der Waals surface area contributed by atoms with E-state index in [1.165, 1.54) is 38.5 Å². The Hall–Kier alpha value is -1.55. The van der Waals surface area contributed by atoms with Crippen LogP contribution in [-0.4, -0.2) is 24.2 Å². The van der Waals surface area contributed by atoms with Crippen LogP contribution in [0.3, 0.4) is 0 Å². The van der Waals surface area contributed by atoms with Gasteiger partial charge in [0.05, 0.1) is 24.2 Å². The van der Waals surface area contributed by atoms with Crippen LogP contribution in [0.5, 0.6) is 5.75 Å². The lowest BCUT2D eigenvalue weighted by Crippen LogP contribution is -2.31. The first kappa shape index (κ1) is 15.9. The number of unbranched alkanes of at least 4 members (excludes halogenated alkanes) is 2.